The van der Waals surface area contributed by atoms with Gasteiger partial charge in [-0.15, -0.1) is 5.10 Å². The van der Waals surface area contributed by atoms with E-state index in [1.807, 2.05) is 4.72 Å². The molecule has 0 fully saturated rings. The number of aromatic nitrogens is 3. The fourth-order valence-corrected chi connectivity index (χ4v) is 2.53. The number of hydrogen-bond acceptors (Lipinski definition) is 4. The molecule has 9 heteroatoms. The van der Waals surface area contributed by atoms with Crippen LogP contribution >= 0.6 is 11.6 Å². The van der Waals surface area contributed by atoms with Gasteiger partial charge < -0.3 is 0 Å². The minimum atomic E-state index is -4.11. The highest BCUT2D eigenvalue weighted by molar-refractivity contribution is 7.92. The molecule has 1 heterocycles. The standard InChI is InChI=1S/C9H8ClFN4O2S/c1-5-12-9(14-13-5)15-18(16,17)7-4-2-3-6(10)8(7)11/h2-4H,1H3,(H2,12,13,14,15). The Balaban J connectivity index is 2.40. The Hall–Kier alpha value is -1.67. The van der Waals surface area contributed by atoms with Gasteiger partial charge in [-0.3, -0.25) is 5.10 Å². The normalized spacial score (nSPS) is 11.5. The molecule has 2 N–H and O–H groups in total. The Morgan fingerprint density at radius 1 is 1.44 bits per heavy atom. The quantitative estimate of drug-likeness (QED) is 0.901. The molecule has 6 nitrogen and oxygen atoms in total. The minimum Gasteiger partial charge on any atom is -0.261 e. The Bertz CT molecular complexity index is 686. The first-order chi connectivity index (χ1) is 8.40. The number of aryl methyl sites for hydroxylation is 1. The molecule has 0 unspecified atom stereocenters. The smallest absolute Gasteiger partial charge is 0.261 e. The monoisotopic (exact) mass is 290 g/mol. The number of rotatable bonds is 3. The second kappa shape index (κ2) is 4.54. The second-order valence-electron chi connectivity index (χ2n) is 3.40. The average Bonchev–Trinajstić information content (AvgIpc) is 2.67. The Morgan fingerprint density at radius 3 is 2.78 bits per heavy atom. The number of aromatic amines is 1. The van der Waals surface area contributed by atoms with E-state index in [1.54, 1.807) is 6.92 Å². The van der Waals surface area contributed by atoms with Crippen molar-refractivity contribution in [1.82, 2.24) is 15.2 Å². The van der Waals surface area contributed by atoms with Gasteiger partial charge in [0.2, 0.25) is 0 Å². The van der Waals surface area contributed by atoms with Gasteiger partial charge >= 0.3 is 0 Å². The SMILES string of the molecule is Cc1nc(NS(=O)(=O)c2cccc(Cl)c2F)n[nH]1. The number of nitrogens with one attached hydrogen (secondary N) is 2. The molecule has 0 aliphatic heterocycles. The van der Waals surface area contributed by atoms with Crippen LogP contribution < -0.4 is 4.72 Å². The van der Waals surface area contributed by atoms with E-state index in [-0.39, 0.29) is 11.0 Å². The Labute approximate surface area is 107 Å². The predicted molar refractivity (Wildman–Crippen MR) is 63.3 cm³/mol. The van der Waals surface area contributed by atoms with Gasteiger partial charge in [-0.25, -0.2) is 17.5 Å². The van der Waals surface area contributed by atoms with E-state index in [2.05, 4.69) is 15.2 Å². The van der Waals surface area contributed by atoms with Crippen LogP contribution in [0, 0.1) is 12.7 Å². The van der Waals surface area contributed by atoms with E-state index in [9.17, 15) is 12.8 Å². The van der Waals surface area contributed by atoms with Crippen molar-refractivity contribution in [3.8, 4) is 0 Å². The largest absolute Gasteiger partial charge is 0.267 e. The highest BCUT2D eigenvalue weighted by Crippen LogP contribution is 2.23. The van der Waals surface area contributed by atoms with Gasteiger partial charge in [0.1, 0.15) is 10.7 Å². The van der Waals surface area contributed by atoms with Gasteiger partial charge in [-0.2, -0.15) is 4.98 Å². The molecule has 0 aliphatic carbocycles. The summed E-state index contributed by atoms with van der Waals surface area (Å²) in [5, 5.41) is 5.78. The zero-order chi connectivity index (χ0) is 13.3. The van der Waals surface area contributed by atoms with Crippen LogP contribution in [0.25, 0.3) is 0 Å². The summed E-state index contributed by atoms with van der Waals surface area (Å²) >= 11 is 5.52. The Morgan fingerprint density at radius 2 is 2.17 bits per heavy atom. The van der Waals surface area contributed by atoms with Gasteiger partial charge in [0.25, 0.3) is 16.0 Å². The number of nitrogens with zero attached hydrogens (tertiary/aromatic N) is 2. The van der Waals surface area contributed by atoms with Crippen molar-refractivity contribution in [3.63, 3.8) is 0 Å². The van der Waals surface area contributed by atoms with Crippen LogP contribution in [0.4, 0.5) is 10.3 Å². The molecule has 2 aromatic rings. The molecule has 0 radical (unpaired) electrons. The molecule has 0 saturated carbocycles. The fourth-order valence-electron chi connectivity index (χ4n) is 1.26. The van der Waals surface area contributed by atoms with Crippen LogP contribution in [-0.2, 0) is 10.0 Å². The van der Waals surface area contributed by atoms with E-state index in [0.717, 1.165) is 6.07 Å². The van der Waals surface area contributed by atoms with E-state index in [4.69, 9.17) is 11.6 Å². The van der Waals surface area contributed by atoms with E-state index in [1.165, 1.54) is 12.1 Å². The molecule has 0 aliphatic rings. The lowest BCUT2D eigenvalue weighted by atomic mass is 10.3. The summed E-state index contributed by atoms with van der Waals surface area (Å²) in [4.78, 5) is 3.20. The van der Waals surface area contributed by atoms with E-state index >= 15 is 0 Å². The van der Waals surface area contributed by atoms with Gasteiger partial charge in [0.15, 0.2) is 5.82 Å². The van der Waals surface area contributed by atoms with Crippen molar-refractivity contribution >= 4 is 27.6 Å². The number of benzene rings is 1. The molecule has 1 aromatic carbocycles. The minimum absolute atomic E-state index is 0.160. The highest BCUT2D eigenvalue weighted by Gasteiger charge is 2.22. The maximum atomic E-state index is 13.6. The summed E-state index contributed by atoms with van der Waals surface area (Å²) in [5.41, 5.74) is 0. The summed E-state index contributed by atoms with van der Waals surface area (Å²) in [6, 6.07) is 3.69. The van der Waals surface area contributed by atoms with Crippen LogP contribution in [0.1, 0.15) is 5.82 Å². The molecule has 0 bridgehead atoms. The third-order valence-electron chi connectivity index (χ3n) is 2.03. The Kier molecular flexibility index (Phi) is 3.22. The summed E-state index contributed by atoms with van der Waals surface area (Å²) in [7, 11) is -4.11. The zero-order valence-electron chi connectivity index (χ0n) is 9.11. The highest BCUT2D eigenvalue weighted by atomic mass is 35.5. The van der Waals surface area contributed by atoms with Crippen molar-refractivity contribution < 1.29 is 12.8 Å². The summed E-state index contributed by atoms with van der Waals surface area (Å²) in [5.74, 6) is -0.745. The van der Waals surface area contributed by atoms with Crippen LogP contribution in [0.5, 0.6) is 0 Å². The third-order valence-corrected chi connectivity index (χ3v) is 3.67. The molecule has 18 heavy (non-hydrogen) atoms. The van der Waals surface area contributed by atoms with Crippen molar-refractivity contribution in [1.29, 1.82) is 0 Å². The lowest BCUT2D eigenvalue weighted by Crippen LogP contribution is -2.15. The molecule has 1 aromatic heterocycles. The second-order valence-corrected chi connectivity index (χ2v) is 5.46. The number of halogens is 2. The lowest BCUT2D eigenvalue weighted by Gasteiger charge is -2.06. The molecule has 0 atom stereocenters. The van der Waals surface area contributed by atoms with Crippen LogP contribution in [-0.4, -0.2) is 23.6 Å². The van der Waals surface area contributed by atoms with Gasteiger partial charge in [0, 0.05) is 0 Å². The van der Waals surface area contributed by atoms with Crippen molar-refractivity contribution in [2.75, 3.05) is 4.72 Å². The van der Waals surface area contributed by atoms with E-state index < -0.39 is 20.7 Å². The van der Waals surface area contributed by atoms with Crippen molar-refractivity contribution in [3.05, 3.63) is 34.9 Å². The molecule has 2 rings (SSSR count). The van der Waals surface area contributed by atoms with Gasteiger partial charge in [-0.1, -0.05) is 17.7 Å². The third kappa shape index (κ3) is 2.44. The number of H-pyrrole nitrogens is 1. The first-order valence-corrected chi connectivity index (χ1v) is 6.62. The average molecular weight is 291 g/mol. The fraction of sp³-hybridized carbons (Fsp3) is 0.111. The number of hydrogen-bond donors (Lipinski definition) is 2. The summed E-state index contributed by atoms with van der Waals surface area (Å²) in [6.07, 6.45) is 0. The van der Waals surface area contributed by atoms with Crippen LogP contribution in [0.2, 0.25) is 5.02 Å². The maximum absolute atomic E-state index is 13.6. The summed E-state index contributed by atoms with van der Waals surface area (Å²) < 4.78 is 39.4. The van der Waals surface area contributed by atoms with E-state index in [0.29, 0.717) is 5.82 Å². The number of sulfonamides is 1. The van der Waals surface area contributed by atoms with Gasteiger partial charge in [0.05, 0.1) is 5.02 Å². The molecular weight excluding hydrogens is 283 g/mol. The molecule has 0 spiro atoms. The first kappa shape index (κ1) is 12.8. The predicted octanol–water partition coefficient (Wildman–Crippen LogP) is 1.71. The maximum Gasteiger partial charge on any atom is 0.267 e. The van der Waals surface area contributed by atoms with Crippen LogP contribution in [0.3, 0.4) is 0 Å². The molecule has 0 amide bonds. The number of anilines is 1. The first-order valence-electron chi connectivity index (χ1n) is 4.76. The molecular formula is C9H8ClFN4O2S. The lowest BCUT2D eigenvalue weighted by molar-refractivity contribution is 0.570. The zero-order valence-corrected chi connectivity index (χ0v) is 10.7. The van der Waals surface area contributed by atoms with Gasteiger partial charge in [-0.05, 0) is 19.1 Å². The molecule has 0 saturated heterocycles. The van der Waals surface area contributed by atoms with Crippen LogP contribution in [0.15, 0.2) is 23.1 Å². The molecule has 96 valence electrons. The van der Waals surface area contributed by atoms with Crippen molar-refractivity contribution in [2.45, 2.75) is 11.8 Å². The summed E-state index contributed by atoms with van der Waals surface area (Å²) in [6.45, 7) is 1.60. The van der Waals surface area contributed by atoms with Crippen molar-refractivity contribution in [2.24, 2.45) is 0 Å². The topological polar surface area (TPSA) is 87.7 Å².